The molecule has 1 aromatic carbocycles. The van der Waals surface area contributed by atoms with Crippen molar-refractivity contribution < 1.29 is 27.2 Å². The van der Waals surface area contributed by atoms with Gasteiger partial charge in [0.25, 0.3) is 0 Å². The molecule has 7 nitrogen and oxygen atoms in total. The molecule has 2 amide bonds. The molecule has 0 spiro atoms. The first-order chi connectivity index (χ1) is 14.2. The van der Waals surface area contributed by atoms with Crippen LogP contribution in [-0.2, 0) is 15.8 Å². The molecule has 0 radical (unpaired) electrons. The number of rotatable bonds is 3. The van der Waals surface area contributed by atoms with Gasteiger partial charge in [0, 0.05) is 36.8 Å². The third kappa shape index (κ3) is 4.14. The van der Waals surface area contributed by atoms with Crippen molar-refractivity contribution in [3.8, 4) is 0 Å². The van der Waals surface area contributed by atoms with Gasteiger partial charge >= 0.3 is 12.1 Å². The summed E-state index contributed by atoms with van der Waals surface area (Å²) in [5.74, 6) is -2.83. The third-order valence-electron chi connectivity index (χ3n) is 5.38. The number of nitrogens with zero attached hydrogens (tertiary/aromatic N) is 4. The summed E-state index contributed by atoms with van der Waals surface area (Å²) in [4.78, 5) is 28.5. The van der Waals surface area contributed by atoms with Crippen LogP contribution in [0.1, 0.15) is 37.0 Å². The number of halogens is 4. The van der Waals surface area contributed by atoms with Gasteiger partial charge in [-0.2, -0.15) is 13.2 Å². The first kappa shape index (κ1) is 20.6. The highest BCUT2D eigenvalue weighted by Crippen LogP contribution is 2.33. The largest absolute Gasteiger partial charge is 0.470 e. The molecule has 4 rings (SSSR count). The second-order valence-electron chi connectivity index (χ2n) is 7.45. The molecular formula is C19H18ClF3N4O3. The number of anilines is 1. The summed E-state index contributed by atoms with van der Waals surface area (Å²) in [6, 6.07) is 6.79. The van der Waals surface area contributed by atoms with Gasteiger partial charge in [0.05, 0.1) is 11.8 Å². The van der Waals surface area contributed by atoms with Crippen LogP contribution in [0.5, 0.6) is 0 Å². The topological polar surface area (TPSA) is 79.5 Å². The zero-order valence-electron chi connectivity index (χ0n) is 15.7. The highest BCUT2D eigenvalue weighted by Gasteiger charge is 2.41. The summed E-state index contributed by atoms with van der Waals surface area (Å²) < 4.78 is 42.9. The van der Waals surface area contributed by atoms with Crippen LogP contribution in [0.4, 0.5) is 18.9 Å². The Morgan fingerprint density at radius 2 is 1.90 bits per heavy atom. The van der Waals surface area contributed by atoms with Crippen LogP contribution in [-0.4, -0.2) is 46.5 Å². The van der Waals surface area contributed by atoms with Gasteiger partial charge < -0.3 is 14.2 Å². The van der Waals surface area contributed by atoms with Gasteiger partial charge in [-0.05, 0) is 37.1 Å². The molecule has 160 valence electrons. The van der Waals surface area contributed by atoms with Crippen LogP contribution in [0.25, 0.3) is 0 Å². The lowest BCUT2D eigenvalue weighted by molar-refractivity contribution is -0.157. The molecule has 2 saturated heterocycles. The van der Waals surface area contributed by atoms with Crippen LogP contribution < -0.4 is 4.90 Å². The van der Waals surface area contributed by atoms with Crippen LogP contribution in [0.2, 0.25) is 5.02 Å². The fourth-order valence-corrected chi connectivity index (χ4v) is 4.02. The third-order valence-corrected chi connectivity index (χ3v) is 5.63. The number of hydrogen-bond acceptors (Lipinski definition) is 5. The van der Waals surface area contributed by atoms with Crippen molar-refractivity contribution in [3.05, 3.63) is 41.1 Å². The Labute approximate surface area is 174 Å². The fourth-order valence-electron chi connectivity index (χ4n) is 3.89. The van der Waals surface area contributed by atoms with Crippen LogP contribution >= 0.6 is 11.6 Å². The van der Waals surface area contributed by atoms with Gasteiger partial charge in [0.1, 0.15) is 0 Å². The van der Waals surface area contributed by atoms with Crippen molar-refractivity contribution in [1.29, 1.82) is 0 Å². The van der Waals surface area contributed by atoms with Gasteiger partial charge in [-0.1, -0.05) is 11.6 Å². The molecular weight excluding hydrogens is 425 g/mol. The van der Waals surface area contributed by atoms with Crippen LogP contribution in [0.3, 0.4) is 0 Å². The molecule has 3 heterocycles. The lowest BCUT2D eigenvalue weighted by Gasteiger charge is -2.32. The number of piperidine rings is 1. The summed E-state index contributed by atoms with van der Waals surface area (Å²) in [6.07, 6.45) is -3.47. The second-order valence-corrected chi connectivity index (χ2v) is 7.88. The van der Waals surface area contributed by atoms with Gasteiger partial charge in [0.2, 0.25) is 17.7 Å². The van der Waals surface area contributed by atoms with E-state index in [1.807, 2.05) is 0 Å². The molecule has 0 N–H and O–H groups in total. The van der Waals surface area contributed by atoms with Crippen LogP contribution in [0.15, 0.2) is 28.7 Å². The van der Waals surface area contributed by atoms with Crippen molar-refractivity contribution >= 4 is 29.1 Å². The molecule has 0 aliphatic carbocycles. The highest BCUT2D eigenvalue weighted by atomic mass is 35.5. The monoisotopic (exact) mass is 442 g/mol. The van der Waals surface area contributed by atoms with Gasteiger partial charge in [-0.25, -0.2) is 0 Å². The summed E-state index contributed by atoms with van der Waals surface area (Å²) >= 11 is 5.88. The Hall–Kier alpha value is -2.62. The average Bonchev–Trinajstić information content (AvgIpc) is 3.35. The predicted molar refractivity (Wildman–Crippen MR) is 99.8 cm³/mol. The summed E-state index contributed by atoms with van der Waals surface area (Å²) in [5.41, 5.74) is 0.668. The summed E-state index contributed by atoms with van der Waals surface area (Å²) in [7, 11) is 0. The number of amides is 2. The SMILES string of the molecule is O=C(C1CC(=O)N(c2ccc(Cl)cc2)C1)N1CCCC(c2nnc(C(F)(F)F)o2)C1. The molecule has 2 aromatic rings. The van der Waals surface area contributed by atoms with Crippen molar-refractivity contribution in [2.24, 2.45) is 5.92 Å². The van der Waals surface area contributed by atoms with E-state index in [4.69, 9.17) is 16.0 Å². The first-order valence-electron chi connectivity index (χ1n) is 9.47. The maximum atomic E-state index is 13.0. The Morgan fingerprint density at radius 1 is 1.17 bits per heavy atom. The van der Waals surface area contributed by atoms with E-state index < -0.39 is 23.9 Å². The molecule has 2 unspecified atom stereocenters. The van der Waals surface area contributed by atoms with Gasteiger partial charge in [0.15, 0.2) is 0 Å². The zero-order chi connectivity index (χ0) is 21.5. The molecule has 30 heavy (non-hydrogen) atoms. The number of benzene rings is 1. The summed E-state index contributed by atoms with van der Waals surface area (Å²) in [6.45, 7) is 0.907. The quantitative estimate of drug-likeness (QED) is 0.727. The minimum Gasteiger partial charge on any atom is -0.417 e. The van der Waals surface area contributed by atoms with Crippen molar-refractivity contribution in [1.82, 2.24) is 15.1 Å². The second kappa shape index (κ2) is 7.90. The Bertz CT molecular complexity index is 947. The van der Waals surface area contributed by atoms with Crippen molar-refractivity contribution in [3.63, 3.8) is 0 Å². The smallest absolute Gasteiger partial charge is 0.417 e. The Morgan fingerprint density at radius 3 is 2.57 bits per heavy atom. The van der Waals surface area contributed by atoms with Crippen molar-refractivity contribution in [2.45, 2.75) is 31.4 Å². The predicted octanol–water partition coefficient (Wildman–Crippen LogP) is 3.50. The maximum Gasteiger partial charge on any atom is 0.470 e. The number of carbonyl (C=O) groups excluding carboxylic acids is 2. The zero-order valence-corrected chi connectivity index (χ0v) is 16.5. The molecule has 2 aliphatic rings. The molecule has 2 aliphatic heterocycles. The fraction of sp³-hybridized carbons (Fsp3) is 0.474. The molecule has 2 fully saturated rings. The van der Waals surface area contributed by atoms with Crippen molar-refractivity contribution in [2.75, 3.05) is 24.5 Å². The van der Waals surface area contributed by atoms with E-state index in [9.17, 15) is 22.8 Å². The van der Waals surface area contributed by atoms with Gasteiger partial charge in [-0.15, -0.1) is 10.2 Å². The standard InChI is InChI=1S/C19H18ClF3N4O3/c20-13-3-5-14(6-4-13)27-10-12(8-15(27)28)17(29)26-7-1-2-11(9-26)16-24-25-18(30-16)19(21,22)23/h3-6,11-12H,1-2,7-10H2. The highest BCUT2D eigenvalue weighted by molar-refractivity contribution is 6.30. The van der Waals surface area contributed by atoms with E-state index in [0.717, 1.165) is 0 Å². The minimum atomic E-state index is -4.70. The number of likely N-dealkylation sites (tertiary alicyclic amines) is 1. The summed E-state index contributed by atoms with van der Waals surface area (Å²) in [5, 5.41) is 7.13. The molecule has 2 atom stereocenters. The average molecular weight is 443 g/mol. The Balaban J connectivity index is 1.42. The lowest BCUT2D eigenvalue weighted by Crippen LogP contribution is -2.43. The van der Waals surface area contributed by atoms with E-state index in [-0.39, 0.29) is 37.2 Å². The minimum absolute atomic E-state index is 0.0847. The first-order valence-corrected chi connectivity index (χ1v) is 9.85. The van der Waals surface area contributed by atoms with E-state index in [2.05, 4.69) is 10.2 Å². The number of hydrogen-bond donors (Lipinski definition) is 0. The molecule has 0 saturated carbocycles. The van der Waals surface area contributed by atoms with E-state index in [1.54, 1.807) is 34.1 Å². The maximum absolute atomic E-state index is 13.0. The Kier molecular flexibility index (Phi) is 5.44. The normalized spacial score (nSPS) is 22.6. The molecule has 1 aromatic heterocycles. The lowest BCUT2D eigenvalue weighted by atomic mass is 9.96. The molecule has 0 bridgehead atoms. The van der Waals surface area contributed by atoms with E-state index in [1.165, 1.54) is 0 Å². The van der Waals surface area contributed by atoms with Crippen LogP contribution in [0, 0.1) is 5.92 Å². The van der Waals surface area contributed by atoms with Gasteiger partial charge in [-0.3, -0.25) is 9.59 Å². The molecule has 11 heteroatoms. The van der Waals surface area contributed by atoms with E-state index in [0.29, 0.717) is 30.1 Å². The number of alkyl halides is 3. The number of aromatic nitrogens is 2. The van der Waals surface area contributed by atoms with E-state index >= 15 is 0 Å². The number of carbonyl (C=O) groups is 2.